The van der Waals surface area contributed by atoms with Gasteiger partial charge in [-0.3, -0.25) is 0 Å². The van der Waals surface area contributed by atoms with Crippen LogP contribution in [0.4, 0.5) is 0 Å². The van der Waals surface area contributed by atoms with Crippen molar-refractivity contribution in [3.8, 4) is 0 Å². The molecule has 1 aliphatic carbocycles. The van der Waals surface area contributed by atoms with Crippen molar-refractivity contribution < 1.29 is 0 Å². The molecule has 4 heteroatoms. The van der Waals surface area contributed by atoms with E-state index in [0.29, 0.717) is 18.0 Å². The highest BCUT2D eigenvalue weighted by Gasteiger charge is 2.21. The van der Waals surface area contributed by atoms with Gasteiger partial charge < -0.3 is 5.32 Å². The highest BCUT2D eigenvalue weighted by Crippen LogP contribution is 2.27. The number of aromatic nitrogens is 3. The monoisotopic (exact) mass is 248 g/mol. The van der Waals surface area contributed by atoms with Gasteiger partial charge >= 0.3 is 0 Å². The normalized spacial score (nSPS) is 25.1. The molecule has 0 atom stereocenters. The van der Waals surface area contributed by atoms with Crippen LogP contribution >= 0.6 is 0 Å². The third kappa shape index (κ3) is 3.42. The molecule has 1 N–H and O–H groups in total. The van der Waals surface area contributed by atoms with Gasteiger partial charge in [-0.1, -0.05) is 25.1 Å². The molecule has 0 aromatic carbocycles. The molecule has 1 aromatic rings. The summed E-state index contributed by atoms with van der Waals surface area (Å²) >= 11 is 0. The lowest BCUT2D eigenvalue weighted by Crippen LogP contribution is -2.31. The number of allylic oxidation sites excluding steroid dienone is 1. The Morgan fingerprint density at radius 2 is 2.06 bits per heavy atom. The maximum absolute atomic E-state index is 4.26. The number of nitrogens with zero attached hydrogens (tertiary/aromatic N) is 3. The Labute approximate surface area is 109 Å². The smallest absolute Gasteiger partial charge is 0.105 e. The van der Waals surface area contributed by atoms with Crippen molar-refractivity contribution >= 4 is 6.08 Å². The van der Waals surface area contributed by atoms with Gasteiger partial charge in [-0.15, -0.1) is 5.10 Å². The summed E-state index contributed by atoms with van der Waals surface area (Å²) in [4.78, 5) is 0. The second-order valence-electron chi connectivity index (χ2n) is 5.52. The maximum atomic E-state index is 4.26. The molecular weight excluding hydrogens is 224 g/mol. The van der Waals surface area contributed by atoms with Gasteiger partial charge in [-0.05, 0) is 44.7 Å². The Balaban J connectivity index is 1.94. The molecule has 100 valence electrons. The third-order valence-corrected chi connectivity index (χ3v) is 3.66. The van der Waals surface area contributed by atoms with Crippen LogP contribution in [0.5, 0.6) is 0 Å². The van der Waals surface area contributed by atoms with Crippen molar-refractivity contribution in [1.29, 1.82) is 0 Å². The highest BCUT2D eigenvalue weighted by molar-refractivity contribution is 5.42. The van der Waals surface area contributed by atoms with Crippen LogP contribution in [0, 0.1) is 5.92 Å². The number of nitrogens with one attached hydrogen (secondary N) is 1. The van der Waals surface area contributed by atoms with Crippen molar-refractivity contribution in [1.82, 2.24) is 20.3 Å². The minimum Gasteiger partial charge on any atom is -0.317 e. The van der Waals surface area contributed by atoms with Crippen LogP contribution in [-0.2, 0) is 0 Å². The average Bonchev–Trinajstić information content (AvgIpc) is 2.85. The zero-order valence-electron chi connectivity index (χ0n) is 11.6. The van der Waals surface area contributed by atoms with Gasteiger partial charge in [0.2, 0.25) is 0 Å². The van der Waals surface area contributed by atoms with Gasteiger partial charge in [0.1, 0.15) is 5.69 Å². The summed E-state index contributed by atoms with van der Waals surface area (Å²) in [5.41, 5.74) is 0.972. The SMILES string of the molecule is CNC1CCC(n2cc(/C=C/C(C)C)nn2)CC1. The molecule has 1 heterocycles. The van der Waals surface area contributed by atoms with Crippen molar-refractivity contribution in [3.05, 3.63) is 18.0 Å². The summed E-state index contributed by atoms with van der Waals surface area (Å²) < 4.78 is 2.05. The number of hydrogen-bond acceptors (Lipinski definition) is 3. The molecule has 18 heavy (non-hydrogen) atoms. The van der Waals surface area contributed by atoms with Crippen LogP contribution in [0.1, 0.15) is 51.3 Å². The van der Waals surface area contributed by atoms with Gasteiger partial charge in [0.15, 0.2) is 0 Å². The maximum Gasteiger partial charge on any atom is 0.105 e. The molecule has 4 nitrogen and oxygen atoms in total. The molecule has 1 aromatic heterocycles. The van der Waals surface area contributed by atoms with E-state index in [2.05, 4.69) is 54.9 Å². The molecule has 0 spiro atoms. The van der Waals surface area contributed by atoms with Crippen LogP contribution in [0.3, 0.4) is 0 Å². The zero-order valence-corrected chi connectivity index (χ0v) is 11.6. The molecule has 0 radical (unpaired) electrons. The van der Waals surface area contributed by atoms with E-state index in [1.165, 1.54) is 25.7 Å². The summed E-state index contributed by atoms with van der Waals surface area (Å²) in [6, 6.07) is 1.22. The Hall–Kier alpha value is -1.16. The van der Waals surface area contributed by atoms with Crippen molar-refractivity contribution in [2.45, 2.75) is 51.6 Å². The first-order valence-electron chi connectivity index (χ1n) is 6.96. The van der Waals surface area contributed by atoms with Gasteiger partial charge in [0.05, 0.1) is 12.2 Å². The van der Waals surface area contributed by atoms with E-state index in [0.717, 1.165) is 5.69 Å². The van der Waals surface area contributed by atoms with E-state index in [9.17, 15) is 0 Å². The Morgan fingerprint density at radius 1 is 1.33 bits per heavy atom. The number of hydrogen-bond donors (Lipinski definition) is 1. The van der Waals surface area contributed by atoms with Crippen LogP contribution in [0.2, 0.25) is 0 Å². The van der Waals surface area contributed by atoms with Crippen LogP contribution in [0.25, 0.3) is 6.08 Å². The third-order valence-electron chi connectivity index (χ3n) is 3.66. The topological polar surface area (TPSA) is 42.7 Å². The van der Waals surface area contributed by atoms with E-state index < -0.39 is 0 Å². The second kappa shape index (κ2) is 6.14. The summed E-state index contributed by atoms with van der Waals surface area (Å²) in [5, 5.41) is 11.8. The lowest BCUT2D eigenvalue weighted by molar-refractivity contribution is 0.281. The Bertz CT molecular complexity index is 386. The van der Waals surface area contributed by atoms with Gasteiger partial charge in [0, 0.05) is 6.04 Å². The largest absolute Gasteiger partial charge is 0.317 e. The van der Waals surface area contributed by atoms with Crippen molar-refractivity contribution in [2.75, 3.05) is 7.05 Å². The lowest BCUT2D eigenvalue weighted by Gasteiger charge is -2.27. The van der Waals surface area contributed by atoms with E-state index in [1.807, 2.05) is 4.68 Å². The highest BCUT2D eigenvalue weighted by atomic mass is 15.4. The molecule has 1 aliphatic rings. The van der Waals surface area contributed by atoms with Gasteiger partial charge in [0.25, 0.3) is 0 Å². The molecule has 0 bridgehead atoms. The zero-order chi connectivity index (χ0) is 13.0. The minimum absolute atomic E-state index is 0.531. The Kier molecular flexibility index (Phi) is 4.53. The predicted octanol–water partition coefficient (Wildman–Crippen LogP) is 2.65. The first kappa shape index (κ1) is 13.3. The number of rotatable bonds is 4. The summed E-state index contributed by atoms with van der Waals surface area (Å²) in [6.45, 7) is 4.33. The second-order valence-corrected chi connectivity index (χ2v) is 5.52. The fourth-order valence-electron chi connectivity index (χ4n) is 2.47. The van der Waals surface area contributed by atoms with Gasteiger partial charge in [-0.2, -0.15) is 0 Å². The molecule has 2 rings (SSSR count). The van der Waals surface area contributed by atoms with E-state index in [1.54, 1.807) is 0 Å². The van der Waals surface area contributed by atoms with Crippen LogP contribution < -0.4 is 5.32 Å². The lowest BCUT2D eigenvalue weighted by atomic mass is 9.91. The van der Waals surface area contributed by atoms with Crippen LogP contribution in [-0.4, -0.2) is 28.1 Å². The van der Waals surface area contributed by atoms with Crippen molar-refractivity contribution in [2.24, 2.45) is 5.92 Å². The summed E-state index contributed by atoms with van der Waals surface area (Å²) in [7, 11) is 2.05. The standard InChI is InChI=1S/C14H24N4/c1-11(2)4-5-13-10-18(17-16-13)14-8-6-12(15-3)7-9-14/h4-5,10-12,14-15H,6-9H2,1-3H3/b5-4+. The predicted molar refractivity (Wildman–Crippen MR) is 74.2 cm³/mol. The van der Waals surface area contributed by atoms with E-state index in [4.69, 9.17) is 0 Å². The molecule has 0 saturated heterocycles. The van der Waals surface area contributed by atoms with E-state index >= 15 is 0 Å². The van der Waals surface area contributed by atoms with Crippen LogP contribution in [0.15, 0.2) is 12.3 Å². The fourth-order valence-corrected chi connectivity index (χ4v) is 2.47. The Morgan fingerprint density at radius 3 is 2.67 bits per heavy atom. The molecule has 0 aliphatic heterocycles. The molecular formula is C14H24N4. The van der Waals surface area contributed by atoms with Gasteiger partial charge in [-0.25, -0.2) is 4.68 Å². The summed E-state index contributed by atoms with van der Waals surface area (Å²) in [6.07, 6.45) is 11.2. The molecule has 1 fully saturated rings. The quantitative estimate of drug-likeness (QED) is 0.890. The molecule has 0 unspecified atom stereocenters. The summed E-state index contributed by atoms with van der Waals surface area (Å²) in [5.74, 6) is 0.557. The van der Waals surface area contributed by atoms with E-state index in [-0.39, 0.29) is 0 Å². The molecule has 0 amide bonds. The first-order valence-corrected chi connectivity index (χ1v) is 6.96. The average molecular weight is 248 g/mol. The minimum atomic E-state index is 0.531. The van der Waals surface area contributed by atoms with Crippen molar-refractivity contribution in [3.63, 3.8) is 0 Å². The fraction of sp³-hybridized carbons (Fsp3) is 0.714. The molecule has 1 saturated carbocycles. The first-order chi connectivity index (χ1) is 8.69.